The lowest BCUT2D eigenvalue weighted by Gasteiger charge is -2.03. The molecule has 2 heterocycles. The molecule has 0 radical (unpaired) electrons. The highest BCUT2D eigenvalue weighted by Crippen LogP contribution is 2.28. The van der Waals surface area contributed by atoms with Crippen LogP contribution in [0.25, 0.3) is 10.6 Å². The highest BCUT2D eigenvalue weighted by molar-refractivity contribution is 7.91. The number of nitrogens with one attached hydrogen (secondary N) is 1. The van der Waals surface area contributed by atoms with E-state index < -0.39 is 10.0 Å². The molecule has 0 fully saturated rings. The van der Waals surface area contributed by atoms with Crippen LogP contribution >= 0.6 is 22.7 Å². The molecule has 4 nitrogen and oxygen atoms in total. The van der Waals surface area contributed by atoms with Gasteiger partial charge in [0, 0.05) is 17.0 Å². The molecule has 0 unspecified atom stereocenters. The largest absolute Gasteiger partial charge is 0.250 e. The van der Waals surface area contributed by atoms with Gasteiger partial charge in [0.2, 0.25) is 10.0 Å². The Hall–Kier alpha value is -1.54. The van der Waals surface area contributed by atoms with Gasteiger partial charge in [0.15, 0.2) is 0 Å². The summed E-state index contributed by atoms with van der Waals surface area (Å²) in [5, 5.41) is 2.73. The monoisotopic (exact) mass is 364 g/mol. The van der Waals surface area contributed by atoms with E-state index in [2.05, 4.69) is 9.71 Å². The van der Waals surface area contributed by atoms with Crippen LogP contribution in [0.1, 0.15) is 10.6 Å². The second-order valence-electron chi connectivity index (χ2n) is 4.97. The average molecular weight is 365 g/mol. The third-order valence-corrected chi connectivity index (χ3v) is 7.44. The molecule has 0 atom stereocenters. The van der Waals surface area contributed by atoms with Crippen molar-refractivity contribution in [3.63, 3.8) is 0 Å². The van der Waals surface area contributed by atoms with Gasteiger partial charge < -0.3 is 0 Å². The number of nitrogens with zero attached hydrogens (tertiary/aromatic N) is 1. The van der Waals surface area contributed by atoms with Crippen LogP contribution < -0.4 is 4.72 Å². The van der Waals surface area contributed by atoms with E-state index in [1.54, 1.807) is 28.8 Å². The number of aromatic nitrogens is 1. The minimum absolute atomic E-state index is 0.350. The summed E-state index contributed by atoms with van der Waals surface area (Å²) in [4.78, 5) is 5.70. The van der Waals surface area contributed by atoms with Gasteiger partial charge in [-0.15, -0.1) is 22.7 Å². The van der Waals surface area contributed by atoms with E-state index in [-0.39, 0.29) is 0 Å². The van der Waals surface area contributed by atoms with Gasteiger partial charge in [0.25, 0.3) is 0 Å². The molecule has 0 amide bonds. The number of aryl methyl sites for hydroxylation is 1. The normalized spacial score (nSPS) is 11.7. The van der Waals surface area contributed by atoms with Gasteiger partial charge in [0.05, 0.1) is 5.69 Å². The number of hydrogen-bond acceptors (Lipinski definition) is 5. The molecule has 3 rings (SSSR count). The average Bonchev–Trinajstić information content (AvgIpc) is 3.19. The molecule has 1 aromatic carbocycles. The predicted octanol–water partition coefficient (Wildman–Crippen LogP) is 3.70. The first kappa shape index (κ1) is 16.3. The molecule has 7 heteroatoms. The molecule has 120 valence electrons. The second kappa shape index (κ2) is 6.92. The van der Waals surface area contributed by atoms with E-state index >= 15 is 0 Å². The molecular weight excluding hydrogens is 348 g/mol. The fourth-order valence-electron chi connectivity index (χ4n) is 2.15. The van der Waals surface area contributed by atoms with Gasteiger partial charge in [-0.3, -0.25) is 0 Å². The molecule has 0 spiro atoms. The Morgan fingerprint density at radius 1 is 1.13 bits per heavy atom. The number of rotatable bonds is 6. The number of hydrogen-bond donors (Lipinski definition) is 1. The van der Waals surface area contributed by atoms with E-state index in [9.17, 15) is 8.42 Å². The maximum Gasteiger partial charge on any atom is 0.250 e. The minimum Gasteiger partial charge on any atom is -0.241 e. The summed E-state index contributed by atoms with van der Waals surface area (Å²) in [7, 11) is -3.39. The smallest absolute Gasteiger partial charge is 0.241 e. The van der Waals surface area contributed by atoms with Crippen molar-refractivity contribution in [2.24, 2.45) is 0 Å². The van der Waals surface area contributed by atoms with Gasteiger partial charge in [0.1, 0.15) is 9.22 Å². The zero-order chi connectivity index (χ0) is 16.3. The molecule has 0 aliphatic carbocycles. The molecule has 0 aliphatic heterocycles. The number of benzene rings is 1. The molecule has 2 aromatic heterocycles. The Labute approximate surface area is 143 Å². The van der Waals surface area contributed by atoms with Crippen LogP contribution in [0.15, 0.2) is 52.1 Å². The zero-order valence-electron chi connectivity index (χ0n) is 12.5. The summed E-state index contributed by atoms with van der Waals surface area (Å²) in [5.41, 5.74) is 2.05. The topological polar surface area (TPSA) is 59.1 Å². The van der Waals surface area contributed by atoms with Crippen molar-refractivity contribution in [3.05, 3.63) is 58.4 Å². The minimum atomic E-state index is -3.39. The first-order valence-corrected chi connectivity index (χ1v) is 10.3. The summed E-state index contributed by atoms with van der Waals surface area (Å²) < 4.78 is 27.2. The molecule has 0 bridgehead atoms. The molecular formula is C16H16N2O2S3. The quantitative estimate of drug-likeness (QED) is 0.725. The molecule has 3 aromatic rings. The molecule has 0 aliphatic rings. The molecule has 23 heavy (non-hydrogen) atoms. The van der Waals surface area contributed by atoms with Crippen LogP contribution in [0.2, 0.25) is 0 Å². The standard InChI is InChI=1S/C16H16N2O2S3/c1-12-14(22-16(18-12)13-6-3-2-4-7-13)9-10-17-23(19,20)15-8-5-11-21-15/h2-8,11,17H,9-10H2,1H3. The van der Waals surface area contributed by atoms with Gasteiger partial charge >= 0.3 is 0 Å². The fourth-order valence-corrected chi connectivity index (χ4v) is 5.29. The van der Waals surface area contributed by atoms with Gasteiger partial charge in [-0.25, -0.2) is 18.1 Å². The fraction of sp³-hybridized carbons (Fsp3) is 0.188. The first-order chi connectivity index (χ1) is 11.1. The summed E-state index contributed by atoms with van der Waals surface area (Å²) in [6.07, 6.45) is 0.640. The van der Waals surface area contributed by atoms with Crippen molar-refractivity contribution in [3.8, 4) is 10.6 Å². The van der Waals surface area contributed by atoms with E-state index in [0.717, 1.165) is 21.1 Å². The third-order valence-electron chi connectivity index (χ3n) is 3.32. The Balaban J connectivity index is 1.67. The molecule has 0 saturated heterocycles. The van der Waals surface area contributed by atoms with Crippen LogP contribution in [-0.2, 0) is 16.4 Å². The van der Waals surface area contributed by atoms with E-state index in [4.69, 9.17) is 0 Å². The van der Waals surface area contributed by atoms with Crippen molar-refractivity contribution in [2.75, 3.05) is 6.54 Å². The lowest BCUT2D eigenvalue weighted by Crippen LogP contribution is -2.25. The van der Waals surface area contributed by atoms with E-state index in [0.29, 0.717) is 17.2 Å². The lowest BCUT2D eigenvalue weighted by molar-refractivity contribution is 0.584. The highest BCUT2D eigenvalue weighted by atomic mass is 32.2. The van der Waals surface area contributed by atoms with Crippen LogP contribution in [0.3, 0.4) is 0 Å². The van der Waals surface area contributed by atoms with Crippen molar-refractivity contribution in [1.29, 1.82) is 0 Å². The Kier molecular flexibility index (Phi) is 4.91. The predicted molar refractivity (Wildman–Crippen MR) is 95.5 cm³/mol. The Morgan fingerprint density at radius 3 is 2.61 bits per heavy atom. The second-order valence-corrected chi connectivity index (χ2v) is 9.00. The van der Waals surface area contributed by atoms with E-state index in [1.165, 1.54) is 11.3 Å². The van der Waals surface area contributed by atoms with Crippen molar-refractivity contribution in [1.82, 2.24) is 9.71 Å². The lowest BCUT2D eigenvalue weighted by atomic mass is 10.2. The zero-order valence-corrected chi connectivity index (χ0v) is 15.0. The maximum absolute atomic E-state index is 12.1. The molecule has 0 saturated carbocycles. The Morgan fingerprint density at radius 2 is 1.91 bits per heavy atom. The van der Waals surface area contributed by atoms with E-state index in [1.807, 2.05) is 37.3 Å². The number of sulfonamides is 1. The SMILES string of the molecule is Cc1nc(-c2ccccc2)sc1CCNS(=O)(=O)c1cccs1. The van der Waals surface area contributed by atoms with Crippen LogP contribution in [0, 0.1) is 6.92 Å². The maximum atomic E-state index is 12.1. The van der Waals surface area contributed by atoms with Crippen molar-refractivity contribution in [2.45, 2.75) is 17.6 Å². The summed E-state index contributed by atoms with van der Waals surface area (Å²) in [5.74, 6) is 0. The summed E-state index contributed by atoms with van der Waals surface area (Å²) in [6.45, 7) is 2.34. The first-order valence-electron chi connectivity index (χ1n) is 7.11. The summed E-state index contributed by atoms with van der Waals surface area (Å²) in [6, 6.07) is 13.4. The van der Waals surface area contributed by atoms with Crippen molar-refractivity contribution >= 4 is 32.7 Å². The Bertz CT molecular complexity index is 869. The van der Waals surface area contributed by atoms with Crippen molar-refractivity contribution < 1.29 is 8.42 Å². The van der Waals surface area contributed by atoms with Crippen LogP contribution in [0.5, 0.6) is 0 Å². The van der Waals surface area contributed by atoms with Gasteiger partial charge in [-0.2, -0.15) is 0 Å². The highest BCUT2D eigenvalue weighted by Gasteiger charge is 2.15. The van der Waals surface area contributed by atoms with Gasteiger partial charge in [-0.05, 0) is 24.8 Å². The summed E-state index contributed by atoms with van der Waals surface area (Å²) >= 11 is 2.84. The van der Waals surface area contributed by atoms with Crippen LogP contribution in [0.4, 0.5) is 0 Å². The molecule has 1 N–H and O–H groups in total. The number of thiophene rings is 1. The number of thiazole rings is 1. The van der Waals surface area contributed by atoms with Crippen LogP contribution in [-0.4, -0.2) is 19.9 Å². The third kappa shape index (κ3) is 3.87. The van der Waals surface area contributed by atoms with Gasteiger partial charge in [-0.1, -0.05) is 36.4 Å².